The standard InChI is InChI=1S/C17H17N3O2/c1-10-7-12(3)16-13(8-10)14(20-22-16)9-15(21)19-17-11(2)5-4-6-18-17/h4-8H,9H2,1-3H3,(H,18,19,21). The molecule has 0 atom stereocenters. The molecule has 3 rings (SSSR count). The fraction of sp³-hybridized carbons (Fsp3) is 0.235. The second-order valence-corrected chi connectivity index (χ2v) is 5.48. The summed E-state index contributed by atoms with van der Waals surface area (Å²) in [7, 11) is 0. The average Bonchev–Trinajstić information content (AvgIpc) is 2.85. The number of rotatable bonds is 3. The Morgan fingerprint density at radius 3 is 2.82 bits per heavy atom. The lowest BCUT2D eigenvalue weighted by Crippen LogP contribution is -2.16. The van der Waals surface area contributed by atoms with Crippen molar-refractivity contribution in [3.8, 4) is 0 Å². The first-order chi connectivity index (χ1) is 10.5. The number of anilines is 1. The molecular formula is C17H17N3O2. The first-order valence-electron chi connectivity index (χ1n) is 7.11. The number of amides is 1. The largest absolute Gasteiger partial charge is 0.356 e. The molecule has 2 aromatic heterocycles. The van der Waals surface area contributed by atoms with Crippen molar-refractivity contribution in [2.24, 2.45) is 0 Å². The van der Waals surface area contributed by atoms with E-state index in [2.05, 4.69) is 15.5 Å². The smallest absolute Gasteiger partial charge is 0.231 e. The number of aryl methyl sites for hydroxylation is 3. The highest BCUT2D eigenvalue weighted by Crippen LogP contribution is 2.24. The van der Waals surface area contributed by atoms with Gasteiger partial charge in [-0.15, -0.1) is 0 Å². The summed E-state index contributed by atoms with van der Waals surface area (Å²) in [6, 6.07) is 7.77. The first-order valence-corrected chi connectivity index (χ1v) is 7.11. The Bertz CT molecular complexity index is 852. The van der Waals surface area contributed by atoms with E-state index < -0.39 is 0 Å². The van der Waals surface area contributed by atoms with Crippen LogP contribution < -0.4 is 5.32 Å². The first kappa shape index (κ1) is 14.3. The average molecular weight is 295 g/mol. The number of fused-ring (bicyclic) bond motifs is 1. The number of nitrogens with zero attached hydrogens (tertiary/aromatic N) is 2. The van der Waals surface area contributed by atoms with E-state index in [0.29, 0.717) is 11.5 Å². The summed E-state index contributed by atoms with van der Waals surface area (Å²) in [6.07, 6.45) is 1.81. The number of carbonyl (C=O) groups is 1. The van der Waals surface area contributed by atoms with Gasteiger partial charge in [-0.25, -0.2) is 4.98 Å². The van der Waals surface area contributed by atoms with Gasteiger partial charge in [0.05, 0.1) is 6.42 Å². The summed E-state index contributed by atoms with van der Waals surface area (Å²) in [5.41, 5.74) is 4.45. The Hall–Kier alpha value is -2.69. The Morgan fingerprint density at radius 2 is 2.05 bits per heavy atom. The zero-order valence-corrected chi connectivity index (χ0v) is 12.8. The van der Waals surface area contributed by atoms with Crippen molar-refractivity contribution in [3.05, 3.63) is 52.8 Å². The van der Waals surface area contributed by atoms with E-state index in [0.717, 1.165) is 27.7 Å². The molecular weight excluding hydrogens is 278 g/mol. The van der Waals surface area contributed by atoms with E-state index in [1.807, 2.05) is 45.0 Å². The van der Waals surface area contributed by atoms with Gasteiger partial charge < -0.3 is 9.84 Å². The predicted octanol–water partition coefficient (Wildman–Crippen LogP) is 3.33. The van der Waals surface area contributed by atoms with Crippen LogP contribution in [0.5, 0.6) is 0 Å². The lowest BCUT2D eigenvalue weighted by molar-refractivity contribution is -0.115. The van der Waals surface area contributed by atoms with Gasteiger partial charge in [0.15, 0.2) is 5.58 Å². The molecule has 0 bridgehead atoms. The van der Waals surface area contributed by atoms with Gasteiger partial charge in [-0.3, -0.25) is 4.79 Å². The van der Waals surface area contributed by atoms with Crippen molar-refractivity contribution in [3.63, 3.8) is 0 Å². The number of aromatic nitrogens is 2. The molecule has 0 radical (unpaired) electrons. The van der Waals surface area contributed by atoms with Gasteiger partial charge in [0.2, 0.25) is 5.91 Å². The highest BCUT2D eigenvalue weighted by molar-refractivity contribution is 5.95. The summed E-state index contributed by atoms with van der Waals surface area (Å²) >= 11 is 0. The zero-order chi connectivity index (χ0) is 15.7. The van der Waals surface area contributed by atoms with Gasteiger partial charge in [0.25, 0.3) is 0 Å². The number of hydrogen-bond acceptors (Lipinski definition) is 4. The molecule has 112 valence electrons. The van der Waals surface area contributed by atoms with Gasteiger partial charge in [-0.2, -0.15) is 0 Å². The molecule has 22 heavy (non-hydrogen) atoms. The Morgan fingerprint density at radius 1 is 1.23 bits per heavy atom. The van der Waals surface area contributed by atoms with Crippen molar-refractivity contribution >= 4 is 22.7 Å². The Balaban J connectivity index is 1.84. The molecule has 1 amide bonds. The molecule has 1 N–H and O–H groups in total. The van der Waals surface area contributed by atoms with E-state index >= 15 is 0 Å². The SMILES string of the molecule is Cc1cc(C)c2onc(CC(=O)Nc3ncccc3C)c2c1. The molecule has 1 aromatic carbocycles. The summed E-state index contributed by atoms with van der Waals surface area (Å²) in [5, 5.41) is 7.75. The molecule has 3 aromatic rings. The van der Waals surface area contributed by atoms with Gasteiger partial charge in [-0.05, 0) is 49.6 Å². The van der Waals surface area contributed by atoms with E-state index in [-0.39, 0.29) is 12.3 Å². The van der Waals surface area contributed by atoms with Crippen molar-refractivity contribution in [1.29, 1.82) is 0 Å². The van der Waals surface area contributed by atoms with Crippen LogP contribution in [0.1, 0.15) is 22.4 Å². The van der Waals surface area contributed by atoms with Crippen molar-refractivity contribution < 1.29 is 9.32 Å². The van der Waals surface area contributed by atoms with E-state index in [4.69, 9.17) is 4.52 Å². The summed E-state index contributed by atoms with van der Waals surface area (Å²) in [5.74, 6) is 0.420. The molecule has 0 aliphatic heterocycles. The van der Waals surface area contributed by atoms with Crippen LogP contribution >= 0.6 is 0 Å². The van der Waals surface area contributed by atoms with Crippen LogP contribution in [0.15, 0.2) is 35.0 Å². The molecule has 2 heterocycles. The van der Waals surface area contributed by atoms with Crippen LogP contribution in [0.2, 0.25) is 0 Å². The molecule has 0 aliphatic carbocycles. The maximum atomic E-state index is 12.2. The maximum Gasteiger partial charge on any atom is 0.231 e. The van der Waals surface area contributed by atoms with Crippen LogP contribution in [0.3, 0.4) is 0 Å². The quantitative estimate of drug-likeness (QED) is 0.804. The van der Waals surface area contributed by atoms with E-state index in [9.17, 15) is 4.79 Å². The minimum absolute atomic E-state index is 0.156. The number of hydrogen-bond donors (Lipinski definition) is 1. The zero-order valence-electron chi connectivity index (χ0n) is 12.8. The second-order valence-electron chi connectivity index (χ2n) is 5.48. The van der Waals surface area contributed by atoms with Crippen LogP contribution in [0.4, 0.5) is 5.82 Å². The van der Waals surface area contributed by atoms with Crippen LogP contribution in [-0.2, 0) is 11.2 Å². The number of benzene rings is 1. The van der Waals surface area contributed by atoms with Crippen LogP contribution in [-0.4, -0.2) is 16.0 Å². The van der Waals surface area contributed by atoms with E-state index in [1.54, 1.807) is 6.20 Å². The van der Waals surface area contributed by atoms with E-state index in [1.165, 1.54) is 0 Å². The third-order valence-electron chi connectivity index (χ3n) is 3.57. The molecule has 5 heteroatoms. The minimum Gasteiger partial charge on any atom is -0.356 e. The number of pyridine rings is 1. The second kappa shape index (κ2) is 5.60. The molecule has 0 fully saturated rings. The van der Waals surface area contributed by atoms with Crippen LogP contribution in [0.25, 0.3) is 11.0 Å². The molecule has 0 unspecified atom stereocenters. The lowest BCUT2D eigenvalue weighted by atomic mass is 10.1. The summed E-state index contributed by atoms with van der Waals surface area (Å²) in [6.45, 7) is 5.89. The van der Waals surface area contributed by atoms with Crippen molar-refractivity contribution in [2.75, 3.05) is 5.32 Å². The van der Waals surface area contributed by atoms with Crippen molar-refractivity contribution in [1.82, 2.24) is 10.1 Å². The topological polar surface area (TPSA) is 68.0 Å². The molecule has 0 spiro atoms. The summed E-state index contributed by atoms with van der Waals surface area (Å²) < 4.78 is 5.36. The third kappa shape index (κ3) is 2.70. The maximum absolute atomic E-state index is 12.2. The Labute approximate surface area is 128 Å². The summed E-state index contributed by atoms with van der Waals surface area (Å²) in [4.78, 5) is 16.4. The van der Waals surface area contributed by atoms with Gasteiger partial charge >= 0.3 is 0 Å². The van der Waals surface area contributed by atoms with Gasteiger partial charge in [0.1, 0.15) is 11.5 Å². The minimum atomic E-state index is -0.156. The predicted molar refractivity (Wildman–Crippen MR) is 84.8 cm³/mol. The number of nitrogens with one attached hydrogen (secondary N) is 1. The lowest BCUT2D eigenvalue weighted by Gasteiger charge is -2.05. The molecule has 0 saturated carbocycles. The molecule has 5 nitrogen and oxygen atoms in total. The normalized spacial score (nSPS) is 10.9. The van der Waals surface area contributed by atoms with Crippen LogP contribution in [0, 0.1) is 20.8 Å². The highest BCUT2D eigenvalue weighted by Gasteiger charge is 2.15. The fourth-order valence-electron chi connectivity index (χ4n) is 2.51. The molecule has 0 saturated heterocycles. The van der Waals surface area contributed by atoms with Crippen molar-refractivity contribution in [2.45, 2.75) is 27.2 Å². The highest BCUT2D eigenvalue weighted by atomic mass is 16.5. The molecule has 0 aliphatic rings. The number of carbonyl (C=O) groups excluding carboxylic acids is 1. The third-order valence-corrected chi connectivity index (χ3v) is 3.57. The van der Waals surface area contributed by atoms with Gasteiger partial charge in [-0.1, -0.05) is 17.3 Å². The monoisotopic (exact) mass is 295 g/mol. The van der Waals surface area contributed by atoms with Gasteiger partial charge in [0, 0.05) is 11.6 Å². The fourth-order valence-corrected chi connectivity index (χ4v) is 2.51. The Kier molecular flexibility index (Phi) is 3.63.